The average molecular weight is 357 g/mol. The molecule has 1 aromatic carbocycles. The quantitative estimate of drug-likeness (QED) is 0.789. The summed E-state index contributed by atoms with van der Waals surface area (Å²) in [5.74, 6) is 0.612. The molecule has 0 bridgehead atoms. The van der Waals surface area contributed by atoms with E-state index in [4.69, 9.17) is 0 Å². The molecule has 0 radical (unpaired) electrons. The minimum Gasteiger partial charge on any atom is -0.394 e. The lowest BCUT2D eigenvalue weighted by molar-refractivity contribution is -0.154. The number of hydrogen-bond donors (Lipinski definition) is 2. The van der Waals surface area contributed by atoms with Crippen molar-refractivity contribution in [1.82, 2.24) is 10.2 Å². The molecule has 1 aromatic rings. The largest absolute Gasteiger partial charge is 0.394 e. The van der Waals surface area contributed by atoms with Crippen LogP contribution in [0.3, 0.4) is 0 Å². The number of allylic oxidation sites excluding steroid dienone is 1. The number of carbonyl (C=O) groups excluding carboxylic acids is 1. The number of amides is 1. The van der Waals surface area contributed by atoms with Gasteiger partial charge in [0, 0.05) is 18.4 Å². The number of carbonyl (C=O) groups is 1. The smallest absolute Gasteiger partial charge is 0.226 e. The second kappa shape index (κ2) is 8.83. The van der Waals surface area contributed by atoms with Gasteiger partial charge in [-0.25, -0.2) is 0 Å². The van der Waals surface area contributed by atoms with E-state index in [2.05, 4.69) is 42.6 Å². The van der Waals surface area contributed by atoms with Crippen LogP contribution in [0.25, 0.3) is 6.08 Å². The van der Waals surface area contributed by atoms with Gasteiger partial charge in [0.15, 0.2) is 0 Å². The first kappa shape index (κ1) is 19.1. The molecule has 4 heteroatoms. The van der Waals surface area contributed by atoms with Gasteiger partial charge in [-0.05, 0) is 37.4 Å². The maximum Gasteiger partial charge on any atom is 0.226 e. The fraction of sp³-hybridized carbons (Fsp3) is 0.591. The number of nitrogens with zero attached hydrogens (tertiary/aromatic N) is 1. The van der Waals surface area contributed by atoms with Crippen molar-refractivity contribution >= 4 is 12.0 Å². The molecule has 0 spiro atoms. The van der Waals surface area contributed by atoms with Crippen molar-refractivity contribution < 1.29 is 9.90 Å². The van der Waals surface area contributed by atoms with Gasteiger partial charge < -0.3 is 15.3 Å². The molecule has 1 saturated heterocycles. The van der Waals surface area contributed by atoms with E-state index >= 15 is 0 Å². The monoisotopic (exact) mass is 356 g/mol. The lowest BCUT2D eigenvalue weighted by atomic mass is 9.74. The highest BCUT2D eigenvalue weighted by molar-refractivity contribution is 5.81. The zero-order chi connectivity index (χ0) is 18.5. The third-order valence-electron chi connectivity index (χ3n) is 5.97. The van der Waals surface area contributed by atoms with Gasteiger partial charge >= 0.3 is 0 Å². The molecule has 1 amide bonds. The zero-order valence-electron chi connectivity index (χ0n) is 16.0. The van der Waals surface area contributed by atoms with Crippen LogP contribution in [0.1, 0.15) is 56.6 Å². The summed E-state index contributed by atoms with van der Waals surface area (Å²) < 4.78 is 0. The van der Waals surface area contributed by atoms with E-state index in [0.717, 1.165) is 38.8 Å². The van der Waals surface area contributed by atoms with Crippen molar-refractivity contribution in [2.45, 2.75) is 57.5 Å². The maximum absolute atomic E-state index is 13.1. The average Bonchev–Trinajstić information content (AvgIpc) is 3.17. The third kappa shape index (κ3) is 3.72. The van der Waals surface area contributed by atoms with Crippen molar-refractivity contribution in [2.24, 2.45) is 5.92 Å². The Bertz CT molecular complexity index is 620. The van der Waals surface area contributed by atoms with Gasteiger partial charge in [0.05, 0.1) is 18.7 Å². The van der Waals surface area contributed by atoms with E-state index in [-0.39, 0.29) is 36.4 Å². The number of benzene rings is 1. The highest BCUT2D eigenvalue weighted by Crippen LogP contribution is 2.43. The fourth-order valence-corrected chi connectivity index (χ4v) is 4.64. The van der Waals surface area contributed by atoms with E-state index in [1.807, 2.05) is 17.9 Å². The van der Waals surface area contributed by atoms with Gasteiger partial charge in [0.1, 0.15) is 0 Å². The Hall–Kier alpha value is -1.65. The van der Waals surface area contributed by atoms with Gasteiger partial charge in [-0.1, -0.05) is 56.2 Å². The van der Waals surface area contributed by atoms with Crippen LogP contribution in [-0.4, -0.2) is 47.7 Å². The van der Waals surface area contributed by atoms with Crippen LogP contribution >= 0.6 is 0 Å². The number of likely N-dealkylation sites (tertiary alicyclic amines) is 1. The van der Waals surface area contributed by atoms with Gasteiger partial charge in [-0.15, -0.1) is 0 Å². The molecule has 1 heterocycles. The summed E-state index contributed by atoms with van der Waals surface area (Å²) in [7, 11) is 0. The molecular formula is C22H32N2O2. The molecule has 142 valence electrons. The number of aliphatic hydroxyl groups is 1. The molecule has 3 atom stereocenters. The van der Waals surface area contributed by atoms with E-state index in [1.165, 1.54) is 11.1 Å². The number of hydrogen-bond acceptors (Lipinski definition) is 3. The van der Waals surface area contributed by atoms with E-state index in [0.29, 0.717) is 0 Å². The molecular weight excluding hydrogens is 324 g/mol. The van der Waals surface area contributed by atoms with Crippen LogP contribution in [0.5, 0.6) is 0 Å². The molecule has 2 fully saturated rings. The highest BCUT2D eigenvalue weighted by atomic mass is 16.3. The lowest BCUT2D eigenvalue weighted by Crippen LogP contribution is -2.69. The van der Waals surface area contributed by atoms with Crippen molar-refractivity contribution in [3.8, 4) is 0 Å². The van der Waals surface area contributed by atoms with Gasteiger partial charge in [0.25, 0.3) is 0 Å². The van der Waals surface area contributed by atoms with E-state index in [1.54, 1.807) is 0 Å². The van der Waals surface area contributed by atoms with Crippen molar-refractivity contribution in [3.05, 3.63) is 41.5 Å². The molecule has 0 unspecified atom stereocenters. The number of nitrogens with one attached hydrogen (secondary N) is 1. The number of likely N-dealkylation sites (N-methyl/N-ethyl adjacent to an activating group) is 1. The van der Waals surface area contributed by atoms with Crippen molar-refractivity contribution in [2.75, 3.05) is 19.7 Å². The van der Waals surface area contributed by atoms with Crippen molar-refractivity contribution in [3.63, 3.8) is 0 Å². The SMILES string of the molecule is C/C=C/c1ccc([C@H]2[C@@H](CO)N(C(=O)C3CCCC3)[C@H]2CNCC)cc1. The molecule has 4 nitrogen and oxygen atoms in total. The second-order valence-electron chi connectivity index (χ2n) is 7.54. The summed E-state index contributed by atoms with van der Waals surface area (Å²) in [6.07, 6.45) is 8.43. The van der Waals surface area contributed by atoms with E-state index in [9.17, 15) is 9.90 Å². The summed E-state index contributed by atoms with van der Waals surface area (Å²) in [5.41, 5.74) is 2.40. The first-order chi connectivity index (χ1) is 12.7. The minimum absolute atomic E-state index is 0.0301. The number of rotatable bonds is 7. The minimum atomic E-state index is -0.0978. The van der Waals surface area contributed by atoms with Gasteiger partial charge in [0.2, 0.25) is 5.91 Å². The molecule has 2 N–H and O–H groups in total. The summed E-state index contributed by atoms with van der Waals surface area (Å²) in [6, 6.07) is 8.58. The topological polar surface area (TPSA) is 52.6 Å². The first-order valence-electron chi connectivity index (χ1n) is 10.1. The van der Waals surface area contributed by atoms with E-state index < -0.39 is 0 Å². The van der Waals surface area contributed by atoms with Crippen LogP contribution in [0, 0.1) is 5.92 Å². The Kier molecular flexibility index (Phi) is 6.49. The summed E-state index contributed by atoms with van der Waals surface area (Å²) >= 11 is 0. The predicted molar refractivity (Wildman–Crippen MR) is 106 cm³/mol. The third-order valence-corrected chi connectivity index (χ3v) is 5.97. The molecule has 1 aliphatic heterocycles. The van der Waals surface area contributed by atoms with Crippen LogP contribution in [0.15, 0.2) is 30.3 Å². The normalized spacial score (nSPS) is 26.4. The summed E-state index contributed by atoms with van der Waals surface area (Å²) in [6.45, 7) is 5.81. The summed E-state index contributed by atoms with van der Waals surface area (Å²) in [5, 5.41) is 13.5. The second-order valence-corrected chi connectivity index (χ2v) is 7.54. The molecule has 0 aromatic heterocycles. The van der Waals surface area contributed by atoms with Gasteiger partial charge in [-0.3, -0.25) is 4.79 Å². The molecule has 2 aliphatic rings. The van der Waals surface area contributed by atoms with Gasteiger partial charge in [-0.2, -0.15) is 0 Å². The van der Waals surface area contributed by atoms with Crippen LogP contribution in [-0.2, 0) is 4.79 Å². The lowest BCUT2D eigenvalue weighted by Gasteiger charge is -2.56. The predicted octanol–water partition coefficient (Wildman–Crippen LogP) is 3.17. The Morgan fingerprint density at radius 2 is 1.92 bits per heavy atom. The Balaban J connectivity index is 1.81. The number of aliphatic hydroxyl groups excluding tert-OH is 1. The molecule has 1 aliphatic carbocycles. The Labute approximate surface area is 157 Å². The molecule has 26 heavy (non-hydrogen) atoms. The van der Waals surface area contributed by atoms with Crippen LogP contribution in [0.2, 0.25) is 0 Å². The fourth-order valence-electron chi connectivity index (χ4n) is 4.64. The summed E-state index contributed by atoms with van der Waals surface area (Å²) in [4.78, 5) is 15.1. The Morgan fingerprint density at radius 3 is 2.50 bits per heavy atom. The zero-order valence-corrected chi connectivity index (χ0v) is 16.0. The Morgan fingerprint density at radius 1 is 1.23 bits per heavy atom. The maximum atomic E-state index is 13.1. The molecule has 3 rings (SSSR count). The highest BCUT2D eigenvalue weighted by Gasteiger charge is 2.51. The van der Waals surface area contributed by atoms with Crippen LogP contribution < -0.4 is 5.32 Å². The first-order valence-corrected chi connectivity index (χ1v) is 10.1. The van der Waals surface area contributed by atoms with Crippen LogP contribution in [0.4, 0.5) is 0 Å². The standard InChI is InChI=1S/C22H32N2O2/c1-3-7-16-10-12-17(13-11-16)21-19(14-23-4-2)24(20(21)15-25)22(26)18-8-5-6-9-18/h3,7,10-13,18-21,23,25H,4-6,8-9,14-15H2,1-2H3/b7-3+/t19-,20+,21+/m0/s1. The molecule has 1 saturated carbocycles. The van der Waals surface area contributed by atoms with Crippen molar-refractivity contribution in [1.29, 1.82) is 0 Å².